The molecule has 1 saturated heterocycles. The van der Waals surface area contributed by atoms with Gasteiger partial charge in [0.1, 0.15) is 5.82 Å². The van der Waals surface area contributed by atoms with Gasteiger partial charge >= 0.3 is 0 Å². The van der Waals surface area contributed by atoms with E-state index in [0.717, 1.165) is 55.3 Å². The molecule has 1 amide bonds. The maximum absolute atomic E-state index is 12.2. The van der Waals surface area contributed by atoms with Gasteiger partial charge in [-0.2, -0.15) is 0 Å². The molecule has 0 radical (unpaired) electrons. The molecule has 1 aromatic heterocycles. The first-order valence-corrected chi connectivity index (χ1v) is 8.99. The second kappa shape index (κ2) is 7.68. The Morgan fingerprint density at radius 2 is 1.65 bits per heavy atom. The topological polar surface area (TPSA) is 64.3 Å². The Balaban J connectivity index is 1.25. The minimum absolute atomic E-state index is 0.0435. The average Bonchev–Trinajstić information content (AvgIpc) is 3.06. The number of para-hydroxylation sites is 3. The Morgan fingerprint density at radius 1 is 0.962 bits per heavy atom. The van der Waals surface area contributed by atoms with Gasteiger partial charge in [-0.15, -0.1) is 0 Å². The van der Waals surface area contributed by atoms with Crippen molar-refractivity contribution in [3.63, 3.8) is 0 Å². The van der Waals surface area contributed by atoms with Crippen molar-refractivity contribution in [2.24, 2.45) is 0 Å². The first-order valence-electron chi connectivity index (χ1n) is 8.99. The maximum Gasteiger partial charge on any atom is 0.238 e. The number of amides is 1. The Morgan fingerprint density at radius 3 is 2.42 bits per heavy atom. The van der Waals surface area contributed by atoms with Crippen molar-refractivity contribution in [3.05, 3.63) is 60.4 Å². The van der Waals surface area contributed by atoms with Gasteiger partial charge in [0.2, 0.25) is 5.91 Å². The quantitative estimate of drug-likeness (QED) is 0.742. The number of H-pyrrole nitrogens is 1. The fraction of sp³-hybridized carbons (Fsp3) is 0.300. The van der Waals surface area contributed by atoms with E-state index in [1.165, 1.54) is 0 Å². The van der Waals surface area contributed by atoms with Crippen LogP contribution in [0.15, 0.2) is 54.6 Å². The summed E-state index contributed by atoms with van der Waals surface area (Å²) in [6.45, 7) is 4.92. The third kappa shape index (κ3) is 4.09. The second-order valence-corrected chi connectivity index (χ2v) is 6.67. The van der Waals surface area contributed by atoms with Gasteiger partial charge in [-0.05, 0) is 24.3 Å². The molecule has 4 rings (SSSR count). The zero-order chi connectivity index (χ0) is 17.8. The van der Waals surface area contributed by atoms with Crippen LogP contribution in [0.5, 0.6) is 0 Å². The van der Waals surface area contributed by atoms with Gasteiger partial charge in [-0.1, -0.05) is 30.3 Å². The molecule has 26 heavy (non-hydrogen) atoms. The molecule has 2 heterocycles. The summed E-state index contributed by atoms with van der Waals surface area (Å²) in [4.78, 5) is 24.8. The molecule has 0 bridgehead atoms. The summed E-state index contributed by atoms with van der Waals surface area (Å²) >= 11 is 0. The number of anilines is 1. The van der Waals surface area contributed by atoms with E-state index in [1.807, 2.05) is 48.5 Å². The highest BCUT2D eigenvalue weighted by molar-refractivity contribution is 5.92. The molecule has 6 nitrogen and oxygen atoms in total. The number of imidazole rings is 1. The molecule has 0 aliphatic carbocycles. The highest BCUT2D eigenvalue weighted by atomic mass is 16.2. The number of hydrogen-bond acceptors (Lipinski definition) is 4. The molecular weight excluding hydrogens is 326 g/mol. The molecule has 0 unspecified atom stereocenters. The number of hydrogen-bond donors (Lipinski definition) is 2. The lowest BCUT2D eigenvalue weighted by atomic mass is 10.3. The van der Waals surface area contributed by atoms with Crippen molar-refractivity contribution in [3.8, 4) is 0 Å². The molecule has 2 N–H and O–H groups in total. The van der Waals surface area contributed by atoms with Gasteiger partial charge in [-0.25, -0.2) is 4.98 Å². The summed E-state index contributed by atoms with van der Waals surface area (Å²) in [5, 5.41) is 2.95. The van der Waals surface area contributed by atoms with Crippen molar-refractivity contribution in [2.75, 3.05) is 38.0 Å². The van der Waals surface area contributed by atoms with Gasteiger partial charge in [-0.3, -0.25) is 14.6 Å². The zero-order valence-corrected chi connectivity index (χ0v) is 14.7. The van der Waals surface area contributed by atoms with Crippen molar-refractivity contribution >= 4 is 22.6 Å². The van der Waals surface area contributed by atoms with Crippen LogP contribution in [0.3, 0.4) is 0 Å². The van der Waals surface area contributed by atoms with Gasteiger partial charge in [0.25, 0.3) is 0 Å². The number of piperazine rings is 1. The third-order valence-corrected chi connectivity index (χ3v) is 4.70. The summed E-state index contributed by atoms with van der Waals surface area (Å²) in [6, 6.07) is 17.7. The van der Waals surface area contributed by atoms with Crippen LogP contribution < -0.4 is 5.32 Å². The smallest absolute Gasteiger partial charge is 0.238 e. The van der Waals surface area contributed by atoms with Crippen LogP contribution in [0.1, 0.15) is 5.82 Å². The van der Waals surface area contributed by atoms with E-state index in [-0.39, 0.29) is 5.91 Å². The van der Waals surface area contributed by atoms with Crippen molar-refractivity contribution < 1.29 is 4.79 Å². The van der Waals surface area contributed by atoms with Crippen LogP contribution in [0.25, 0.3) is 11.0 Å². The van der Waals surface area contributed by atoms with E-state index in [1.54, 1.807) is 0 Å². The number of fused-ring (bicyclic) bond motifs is 1. The van der Waals surface area contributed by atoms with E-state index in [2.05, 4.69) is 31.2 Å². The minimum Gasteiger partial charge on any atom is -0.341 e. The highest BCUT2D eigenvalue weighted by Gasteiger charge is 2.20. The lowest BCUT2D eigenvalue weighted by Crippen LogP contribution is -2.48. The largest absolute Gasteiger partial charge is 0.341 e. The first-order chi connectivity index (χ1) is 12.8. The van der Waals surface area contributed by atoms with Crippen LogP contribution in [0.4, 0.5) is 5.69 Å². The molecule has 2 aromatic carbocycles. The molecular formula is C20H23N5O. The summed E-state index contributed by atoms with van der Waals surface area (Å²) in [5.74, 6) is 1.04. The molecule has 134 valence electrons. The van der Waals surface area contributed by atoms with Crippen LogP contribution in [0, 0.1) is 0 Å². The van der Waals surface area contributed by atoms with Crippen LogP contribution in [0.2, 0.25) is 0 Å². The summed E-state index contributed by atoms with van der Waals surface area (Å²) in [5.41, 5.74) is 2.94. The van der Waals surface area contributed by atoms with Crippen LogP contribution in [-0.4, -0.2) is 58.4 Å². The van der Waals surface area contributed by atoms with Gasteiger partial charge in [0.05, 0.1) is 24.1 Å². The number of aromatic amines is 1. The summed E-state index contributed by atoms with van der Waals surface area (Å²) in [6.07, 6.45) is 0. The average molecular weight is 349 g/mol. The zero-order valence-electron chi connectivity index (χ0n) is 14.7. The monoisotopic (exact) mass is 349 g/mol. The molecule has 1 fully saturated rings. The molecule has 0 saturated carbocycles. The SMILES string of the molecule is O=C(CN1CCN(Cc2nc3ccccc3[nH]2)CC1)Nc1ccccc1. The fourth-order valence-electron chi connectivity index (χ4n) is 3.32. The Kier molecular flexibility index (Phi) is 4.95. The fourth-order valence-corrected chi connectivity index (χ4v) is 3.32. The van der Waals surface area contributed by atoms with E-state index in [0.29, 0.717) is 6.54 Å². The molecule has 0 spiro atoms. The van der Waals surface area contributed by atoms with E-state index < -0.39 is 0 Å². The number of benzene rings is 2. The summed E-state index contributed by atoms with van der Waals surface area (Å²) < 4.78 is 0. The minimum atomic E-state index is 0.0435. The summed E-state index contributed by atoms with van der Waals surface area (Å²) in [7, 11) is 0. The van der Waals surface area contributed by atoms with E-state index in [4.69, 9.17) is 0 Å². The lowest BCUT2D eigenvalue weighted by molar-refractivity contribution is -0.117. The molecule has 1 aliphatic rings. The predicted octanol–water partition coefficient (Wildman–Crippen LogP) is 2.32. The number of aromatic nitrogens is 2. The Bertz CT molecular complexity index is 835. The molecule has 6 heteroatoms. The van der Waals surface area contributed by atoms with Crippen LogP contribution >= 0.6 is 0 Å². The number of carbonyl (C=O) groups is 1. The molecule has 0 atom stereocenters. The van der Waals surface area contributed by atoms with Crippen molar-refractivity contribution in [2.45, 2.75) is 6.54 Å². The van der Waals surface area contributed by atoms with E-state index in [9.17, 15) is 4.79 Å². The normalized spacial score (nSPS) is 16.0. The van der Waals surface area contributed by atoms with E-state index >= 15 is 0 Å². The number of nitrogens with one attached hydrogen (secondary N) is 2. The van der Waals surface area contributed by atoms with Crippen LogP contribution in [-0.2, 0) is 11.3 Å². The number of rotatable bonds is 5. The molecule has 1 aliphatic heterocycles. The number of carbonyl (C=O) groups excluding carboxylic acids is 1. The third-order valence-electron chi connectivity index (χ3n) is 4.70. The lowest BCUT2D eigenvalue weighted by Gasteiger charge is -2.33. The predicted molar refractivity (Wildman–Crippen MR) is 103 cm³/mol. The Labute approximate surface area is 152 Å². The second-order valence-electron chi connectivity index (χ2n) is 6.67. The van der Waals surface area contributed by atoms with Gasteiger partial charge < -0.3 is 10.3 Å². The first kappa shape index (κ1) is 16.8. The van der Waals surface area contributed by atoms with Gasteiger partial charge in [0.15, 0.2) is 0 Å². The standard InChI is InChI=1S/C20H23N5O/c26-20(21-16-6-2-1-3-7-16)15-25-12-10-24(11-13-25)14-19-22-17-8-4-5-9-18(17)23-19/h1-9H,10-15H2,(H,21,26)(H,22,23). The Hall–Kier alpha value is -2.70. The molecule has 3 aromatic rings. The maximum atomic E-state index is 12.2. The van der Waals surface area contributed by atoms with Crippen molar-refractivity contribution in [1.29, 1.82) is 0 Å². The highest BCUT2D eigenvalue weighted by Crippen LogP contribution is 2.13. The number of nitrogens with zero attached hydrogens (tertiary/aromatic N) is 3. The van der Waals surface area contributed by atoms with Gasteiger partial charge in [0, 0.05) is 31.9 Å². The van der Waals surface area contributed by atoms with Crippen molar-refractivity contribution in [1.82, 2.24) is 19.8 Å².